The predicted octanol–water partition coefficient (Wildman–Crippen LogP) is 0.630. The molecule has 0 saturated carbocycles. The summed E-state index contributed by atoms with van der Waals surface area (Å²) in [5.74, 6) is -1.23. The molecule has 1 aromatic rings. The highest BCUT2D eigenvalue weighted by Crippen LogP contribution is 2.18. The first-order valence-corrected chi connectivity index (χ1v) is 6.49. The van der Waals surface area contributed by atoms with Gasteiger partial charge in [0.05, 0.1) is 12.1 Å². The van der Waals surface area contributed by atoms with Gasteiger partial charge in [-0.15, -0.1) is 0 Å². The summed E-state index contributed by atoms with van der Waals surface area (Å²) in [4.78, 5) is 22.3. The summed E-state index contributed by atoms with van der Waals surface area (Å²) >= 11 is 5.29. The van der Waals surface area contributed by atoms with Crippen LogP contribution < -0.4 is 11.1 Å². The Balaban J connectivity index is 2.70. The average molecular weight is 413 g/mol. The second-order valence-corrected chi connectivity index (χ2v) is 5.33. The fourth-order valence-corrected chi connectivity index (χ4v) is 2.00. The molecule has 1 rings (SSSR count). The van der Waals surface area contributed by atoms with Gasteiger partial charge in [-0.1, -0.05) is 15.9 Å². The number of hydrogen-bond acceptors (Lipinski definition) is 3. The summed E-state index contributed by atoms with van der Waals surface area (Å²) in [6.07, 6.45) is -1.37. The van der Waals surface area contributed by atoms with E-state index in [2.05, 4.69) is 21.2 Å². The van der Waals surface area contributed by atoms with Crippen molar-refractivity contribution in [2.45, 2.75) is 6.10 Å². The third-order valence-corrected chi connectivity index (χ3v) is 3.39. The van der Waals surface area contributed by atoms with E-state index in [4.69, 9.17) is 10.8 Å². The molecule has 0 aliphatic carbocycles. The van der Waals surface area contributed by atoms with E-state index < -0.39 is 12.0 Å². The maximum Gasteiger partial charge on any atom is 0.252 e. The van der Waals surface area contributed by atoms with Gasteiger partial charge in [0.2, 0.25) is 5.91 Å². The number of nitrogens with one attached hydrogen (secondary N) is 1. The number of rotatable bonds is 4. The normalized spacial score (nSPS) is 11.9. The van der Waals surface area contributed by atoms with E-state index in [9.17, 15) is 9.59 Å². The number of aliphatic hydroxyl groups is 1. The van der Waals surface area contributed by atoms with Crippen molar-refractivity contribution in [1.29, 1.82) is 0 Å². The Bertz CT molecular complexity index is 453. The third kappa shape index (κ3) is 4.25. The first-order valence-electron chi connectivity index (χ1n) is 4.62. The largest absolute Gasteiger partial charge is 0.381 e. The first kappa shape index (κ1) is 14.4. The SMILES string of the molecule is NC(=O)C(O)CNC(=O)c1cc(Br)ccc1I. The molecular formula is C10H10BrIN2O3. The number of aliphatic hydroxyl groups excluding tert-OH is 1. The number of carbonyl (C=O) groups is 2. The maximum atomic E-state index is 11.7. The number of nitrogens with two attached hydrogens (primary N) is 1. The van der Waals surface area contributed by atoms with Gasteiger partial charge in [-0.3, -0.25) is 9.59 Å². The number of primary amides is 1. The highest BCUT2D eigenvalue weighted by molar-refractivity contribution is 14.1. The van der Waals surface area contributed by atoms with Gasteiger partial charge in [-0.05, 0) is 40.8 Å². The molecule has 1 aromatic carbocycles. The van der Waals surface area contributed by atoms with Crippen LogP contribution in [0.1, 0.15) is 10.4 Å². The zero-order valence-electron chi connectivity index (χ0n) is 8.61. The lowest BCUT2D eigenvalue weighted by atomic mass is 10.2. The van der Waals surface area contributed by atoms with Crippen molar-refractivity contribution in [1.82, 2.24) is 5.32 Å². The van der Waals surface area contributed by atoms with Crippen LogP contribution in [0.5, 0.6) is 0 Å². The highest BCUT2D eigenvalue weighted by Gasteiger charge is 2.15. The molecule has 0 heterocycles. The Hall–Kier alpha value is -0.670. The van der Waals surface area contributed by atoms with Crippen LogP contribution in [0.25, 0.3) is 0 Å². The molecule has 0 spiro atoms. The van der Waals surface area contributed by atoms with Crippen LogP contribution in [-0.2, 0) is 4.79 Å². The van der Waals surface area contributed by atoms with E-state index in [0.29, 0.717) is 5.56 Å². The van der Waals surface area contributed by atoms with Crippen molar-refractivity contribution < 1.29 is 14.7 Å². The molecule has 17 heavy (non-hydrogen) atoms. The van der Waals surface area contributed by atoms with Gasteiger partial charge in [-0.2, -0.15) is 0 Å². The molecule has 0 aromatic heterocycles. The van der Waals surface area contributed by atoms with E-state index in [-0.39, 0.29) is 12.5 Å². The molecule has 0 fully saturated rings. The van der Waals surface area contributed by atoms with Crippen LogP contribution in [0, 0.1) is 3.57 Å². The van der Waals surface area contributed by atoms with Crippen molar-refractivity contribution in [2.75, 3.05) is 6.54 Å². The monoisotopic (exact) mass is 412 g/mol. The second-order valence-electron chi connectivity index (χ2n) is 3.25. The molecule has 1 atom stereocenters. The minimum Gasteiger partial charge on any atom is -0.381 e. The van der Waals surface area contributed by atoms with Crippen molar-refractivity contribution in [3.63, 3.8) is 0 Å². The molecule has 0 saturated heterocycles. The molecular weight excluding hydrogens is 403 g/mol. The zero-order chi connectivity index (χ0) is 13.0. The molecule has 0 radical (unpaired) electrons. The molecule has 0 bridgehead atoms. The number of benzene rings is 1. The van der Waals surface area contributed by atoms with E-state index in [1.165, 1.54) is 0 Å². The highest BCUT2D eigenvalue weighted by atomic mass is 127. The summed E-state index contributed by atoms with van der Waals surface area (Å²) in [5.41, 5.74) is 5.33. The van der Waals surface area contributed by atoms with Gasteiger partial charge in [0.1, 0.15) is 6.10 Å². The van der Waals surface area contributed by atoms with Crippen molar-refractivity contribution >= 4 is 50.3 Å². The van der Waals surface area contributed by atoms with Crippen LogP contribution in [0.2, 0.25) is 0 Å². The van der Waals surface area contributed by atoms with Crippen molar-refractivity contribution in [2.24, 2.45) is 5.73 Å². The fraction of sp³-hybridized carbons (Fsp3) is 0.200. The van der Waals surface area contributed by atoms with Gasteiger partial charge < -0.3 is 16.2 Å². The minimum atomic E-state index is -1.37. The summed E-state index contributed by atoms with van der Waals surface area (Å²) in [7, 11) is 0. The number of halogens is 2. The average Bonchev–Trinajstić information content (AvgIpc) is 2.28. The molecule has 7 heteroatoms. The topological polar surface area (TPSA) is 92.4 Å². The van der Waals surface area contributed by atoms with Crippen LogP contribution in [0.4, 0.5) is 0 Å². The lowest BCUT2D eigenvalue weighted by Crippen LogP contribution is -2.40. The van der Waals surface area contributed by atoms with E-state index in [0.717, 1.165) is 8.04 Å². The van der Waals surface area contributed by atoms with Crippen LogP contribution in [0.3, 0.4) is 0 Å². The minimum absolute atomic E-state index is 0.198. The van der Waals surface area contributed by atoms with Crippen molar-refractivity contribution in [3.8, 4) is 0 Å². The molecule has 92 valence electrons. The molecule has 5 nitrogen and oxygen atoms in total. The van der Waals surface area contributed by atoms with Gasteiger partial charge in [-0.25, -0.2) is 0 Å². The Kier molecular flexibility index (Phi) is 5.34. The van der Waals surface area contributed by atoms with Crippen LogP contribution >= 0.6 is 38.5 Å². The van der Waals surface area contributed by atoms with Gasteiger partial charge in [0.15, 0.2) is 0 Å². The number of carbonyl (C=O) groups excluding carboxylic acids is 2. The Morgan fingerprint density at radius 2 is 2.18 bits per heavy atom. The van der Waals surface area contributed by atoms with Gasteiger partial charge in [0.25, 0.3) is 5.91 Å². The Labute approximate surface area is 120 Å². The first-order chi connectivity index (χ1) is 7.91. The quantitative estimate of drug-likeness (QED) is 0.633. The molecule has 2 amide bonds. The Morgan fingerprint density at radius 3 is 2.76 bits per heavy atom. The molecule has 0 aliphatic heterocycles. The van der Waals surface area contributed by atoms with E-state index in [1.54, 1.807) is 12.1 Å². The van der Waals surface area contributed by atoms with Crippen molar-refractivity contribution in [3.05, 3.63) is 31.8 Å². The molecule has 1 unspecified atom stereocenters. The second kappa shape index (κ2) is 6.31. The maximum absolute atomic E-state index is 11.7. The third-order valence-electron chi connectivity index (χ3n) is 1.96. The van der Waals surface area contributed by atoms with Crippen LogP contribution in [0.15, 0.2) is 22.7 Å². The lowest BCUT2D eigenvalue weighted by molar-refractivity contribution is -0.125. The van der Waals surface area contributed by atoms with Gasteiger partial charge in [0, 0.05) is 8.04 Å². The molecule has 0 aliphatic rings. The Morgan fingerprint density at radius 1 is 1.53 bits per heavy atom. The summed E-state index contributed by atoms with van der Waals surface area (Å²) in [6.45, 7) is -0.198. The van der Waals surface area contributed by atoms with E-state index >= 15 is 0 Å². The summed E-state index contributed by atoms with van der Waals surface area (Å²) < 4.78 is 1.55. The fourth-order valence-electron chi connectivity index (χ4n) is 1.06. The lowest BCUT2D eigenvalue weighted by Gasteiger charge is -2.09. The smallest absolute Gasteiger partial charge is 0.252 e. The van der Waals surface area contributed by atoms with Crippen LogP contribution in [-0.4, -0.2) is 29.6 Å². The summed E-state index contributed by atoms with van der Waals surface area (Å²) in [5, 5.41) is 11.6. The standard InChI is InChI=1S/C10H10BrIN2O3/c11-5-1-2-7(12)6(3-5)10(17)14-4-8(15)9(13)16/h1-3,8,15H,4H2,(H2,13,16)(H,14,17). The van der Waals surface area contributed by atoms with Gasteiger partial charge >= 0.3 is 0 Å². The summed E-state index contributed by atoms with van der Waals surface area (Å²) in [6, 6.07) is 5.26. The molecule has 4 N–H and O–H groups in total. The zero-order valence-corrected chi connectivity index (χ0v) is 12.4. The van der Waals surface area contributed by atoms with E-state index in [1.807, 2.05) is 28.7 Å². The number of amides is 2. The predicted molar refractivity (Wildman–Crippen MR) is 74.4 cm³/mol. The number of hydrogen-bond donors (Lipinski definition) is 3.